The van der Waals surface area contributed by atoms with Crippen LogP contribution in [0.25, 0.3) is 0 Å². The first-order chi connectivity index (χ1) is 8.56. The van der Waals surface area contributed by atoms with Crippen LogP contribution in [0, 0.1) is 10.1 Å². The van der Waals surface area contributed by atoms with Gasteiger partial charge in [0.05, 0.1) is 11.0 Å². The highest BCUT2D eigenvalue weighted by molar-refractivity contribution is 6.32. The molecule has 1 rings (SSSR count). The topological polar surface area (TPSA) is 63.4 Å². The summed E-state index contributed by atoms with van der Waals surface area (Å²) in [6, 6.07) is 4.46. The Bertz CT molecular complexity index is 409. The molecule has 5 heteroatoms. The minimum atomic E-state index is -0.655. The maximum Gasteiger partial charge on any atom is 0.288 e. The number of unbranched alkanes of at least 4 members (excludes halogenated alkanes) is 3. The molecular formula is C13H18ClNO3. The molecule has 0 heterocycles. The zero-order valence-corrected chi connectivity index (χ0v) is 11.2. The van der Waals surface area contributed by atoms with Crippen molar-refractivity contribution in [2.24, 2.45) is 0 Å². The monoisotopic (exact) mass is 271 g/mol. The van der Waals surface area contributed by atoms with E-state index in [0.29, 0.717) is 12.0 Å². The molecule has 0 amide bonds. The van der Waals surface area contributed by atoms with Crippen LogP contribution in [-0.2, 0) is 0 Å². The van der Waals surface area contributed by atoms with Crippen molar-refractivity contribution in [2.75, 3.05) is 0 Å². The Labute approximate surface area is 112 Å². The molecule has 0 radical (unpaired) electrons. The molecule has 0 bridgehead atoms. The van der Waals surface area contributed by atoms with Gasteiger partial charge in [-0.15, -0.1) is 0 Å². The number of nitrogens with zero attached hydrogens (tertiary/aromatic N) is 1. The number of halogens is 1. The molecule has 1 atom stereocenters. The zero-order chi connectivity index (χ0) is 13.5. The zero-order valence-electron chi connectivity index (χ0n) is 10.4. The molecule has 18 heavy (non-hydrogen) atoms. The molecule has 0 aliphatic rings. The fourth-order valence-corrected chi connectivity index (χ4v) is 1.99. The van der Waals surface area contributed by atoms with Crippen LogP contribution in [-0.4, -0.2) is 10.0 Å². The van der Waals surface area contributed by atoms with Gasteiger partial charge in [-0.3, -0.25) is 10.1 Å². The van der Waals surface area contributed by atoms with Crippen LogP contribution in [0.4, 0.5) is 5.69 Å². The Morgan fingerprint density at radius 3 is 2.72 bits per heavy atom. The van der Waals surface area contributed by atoms with Crippen LogP contribution >= 0.6 is 11.6 Å². The Morgan fingerprint density at radius 2 is 2.11 bits per heavy atom. The van der Waals surface area contributed by atoms with E-state index in [1.54, 1.807) is 6.07 Å². The molecule has 0 spiro atoms. The molecule has 0 aliphatic heterocycles. The van der Waals surface area contributed by atoms with Crippen LogP contribution < -0.4 is 0 Å². The minimum absolute atomic E-state index is 0.0990. The largest absolute Gasteiger partial charge is 0.388 e. The van der Waals surface area contributed by atoms with E-state index < -0.39 is 11.0 Å². The van der Waals surface area contributed by atoms with Crippen LogP contribution in [0.15, 0.2) is 18.2 Å². The average molecular weight is 272 g/mol. The first-order valence-electron chi connectivity index (χ1n) is 6.18. The van der Waals surface area contributed by atoms with Gasteiger partial charge in [-0.25, -0.2) is 0 Å². The van der Waals surface area contributed by atoms with Crippen molar-refractivity contribution < 1.29 is 10.0 Å². The fourth-order valence-electron chi connectivity index (χ4n) is 1.81. The van der Waals surface area contributed by atoms with Gasteiger partial charge in [-0.05, 0) is 18.1 Å². The molecule has 1 aromatic rings. The summed E-state index contributed by atoms with van der Waals surface area (Å²) >= 11 is 5.72. The molecule has 0 fully saturated rings. The quantitative estimate of drug-likeness (QED) is 0.458. The summed E-state index contributed by atoms with van der Waals surface area (Å²) in [6.07, 6.45) is 4.25. The molecule has 1 aromatic carbocycles. The van der Waals surface area contributed by atoms with Crippen molar-refractivity contribution >= 4 is 17.3 Å². The summed E-state index contributed by atoms with van der Waals surface area (Å²) < 4.78 is 0. The second kappa shape index (κ2) is 7.34. The third kappa shape index (κ3) is 4.27. The molecule has 1 N–H and O–H groups in total. The van der Waals surface area contributed by atoms with E-state index >= 15 is 0 Å². The first kappa shape index (κ1) is 14.9. The summed E-state index contributed by atoms with van der Waals surface area (Å²) in [6.45, 7) is 2.12. The first-order valence-corrected chi connectivity index (χ1v) is 6.56. The average Bonchev–Trinajstić information content (AvgIpc) is 2.34. The van der Waals surface area contributed by atoms with E-state index in [1.165, 1.54) is 12.1 Å². The summed E-state index contributed by atoms with van der Waals surface area (Å²) in [5.74, 6) is 0. The maximum atomic E-state index is 10.7. The van der Waals surface area contributed by atoms with Gasteiger partial charge >= 0.3 is 0 Å². The molecule has 0 saturated carbocycles. The molecule has 100 valence electrons. The number of rotatable bonds is 7. The van der Waals surface area contributed by atoms with Gasteiger partial charge in [-0.1, -0.05) is 50.3 Å². The van der Waals surface area contributed by atoms with Crippen LogP contribution in [0.2, 0.25) is 5.02 Å². The van der Waals surface area contributed by atoms with Crippen molar-refractivity contribution in [1.29, 1.82) is 0 Å². The third-order valence-electron chi connectivity index (χ3n) is 2.88. The number of nitro groups is 1. The summed E-state index contributed by atoms with van der Waals surface area (Å²) in [5.41, 5.74) is 0.407. The molecular weight excluding hydrogens is 254 g/mol. The molecule has 1 unspecified atom stereocenters. The fraction of sp³-hybridized carbons (Fsp3) is 0.538. The van der Waals surface area contributed by atoms with Crippen molar-refractivity contribution in [2.45, 2.75) is 45.1 Å². The van der Waals surface area contributed by atoms with E-state index in [4.69, 9.17) is 11.6 Å². The highest BCUT2D eigenvalue weighted by atomic mass is 35.5. The third-order valence-corrected chi connectivity index (χ3v) is 3.20. The standard InChI is InChI=1S/C13H18ClNO3/c1-2-3-4-5-6-13(16)10-7-8-11(14)12(9-10)15(17)18/h7-9,13,16H,2-6H2,1H3. The summed E-state index contributed by atoms with van der Waals surface area (Å²) in [7, 11) is 0. The van der Waals surface area contributed by atoms with Gasteiger partial charge in [0.2, 0.25) is 0 Å². The highest BCUT2D eigenvalue weighted by Crippen LogP contribution is 2.29. The molecule has 0 aliphatic carbocycles. The van der Waals surface area contributed by atoms with Crippen LogP contribution in [0.3, 0.4) is 0 Å². The molecule has 0 saturated heterocycles. The van der Waals surface area contributed by atoms with Crippen LogP contribution in [0.5, 0.6) is 0 Å². The lowest BCUT2D eigenvalue weighted by Gasteiger charge is -2.10. The number of hydrogen-bond acceptors (Lipinski definition) is 3. The molecule has 0 aromatic heterocycles. The van der Waals surface area contributed by atoms with Crippen molar-refractivity contribution in [3.8, 4) is 0 Å². The van der Waals surface area contributed by atoms with E-state index in [-0.39, 0.29) is 10.7 Å². The second-order valence-electron chi connectivity index (χ2n) is 4.33. The van der Waals surface area contributed by atoms with E-state index in [2.05, 4.69) is 6.92 Å². The van der Waals surface area contributed by atoms with Gasteiger partial charge < -0.3 is 5.11 Å². The van der Waals surface area contributed by atoms with Crippen molar-refractivity contribution in [1.82, 2.24) is 0 Å². The van der Waals surface area contributed by atoms with Crippen molar-refractivity contribution in [3.63, 3.8) is 0 Å². The lowest BCUT2D eigenvalue weighted by atomic mass is 10.0. The smallest absolute Gasteiger partial charge is 0.288 e. The molecule has 4 nitrogen and oxygen atoms in total. The summed E-state index contributed by atoms with van der Waals surface area (Å²) in [5, 5.41) is 20.8. The number of nitro benzene ring substituents is 1. The van der Waals surface area contributed by atoms with E-state index in [9.17, 15) is 15.2 Å². The maximum absolute atomic E-state index is 10.7. The Kier molecular flexibility index (Phi) is 6.09. The predicted octanol–water partition coefficient (Wildman–Crippen LogP) is 4.25. The van der Waals surface area contributed by atoms with Gasteiger partial charge in [0, 0.05) is 6.07 Å². The second-order valence-corrected chi connectivity index (χ2v) is 4.74. The van der Waals surface area contributed by atoms with Gasteiger partial charge in [0.25, 0.3) is 5.69 Å². The number of benzene rings is 1. The minimum Gasteiger partial charge on any atom is -0.388 e. The Morgan fingerprint density at radius 1 is 1.39 bits per heavy atom. The number of hydrogen-bond donors (Lipinski definition) is 1. The number of aliphatic hydroxyl groups excluding tert-OH is 1. The Balaban J connectivity index is 2.65. The SMILES string of the molecule is CCCCCCC(O)c1ccc(Cl)c([N+](=O)[O-])c1. The highest BCUT2D eigenvalue weighted by Gasteiger charge is 2.16. The lowest BCUT2D eigenvalue weighted by molar-refractivity contribution is -0.384. The normalized spacial score (nSPS) is 12.4. The Hall–Kier alpha value is -1.13. The van der Waals surface area contributed by atoms with Crippen molar-refractivity contribution in [3.05, 3.63) is 38.9 Å². The lowest BCUT2D eigenvalue weighted by Crippen LogP contribution is -1.99. The van der Waals surface area contributed by atoms with Crippen LogP contribution in [0.1, 0.15) is 50.7 Å². The van der Waals surface area contributed by atoms with E-state index in [1.807, 2.05) is 0 Å². The van der Waals surface area contributed by atoms with Gasteiger partial charge in [0.1, 0.15) is 5.02 Å². The summed E-state index contributed by atoms with van der Waals surface area (Å²) in [4.78, 5) is 10.2. The number of aliphatic hydroxyl groups is 1. The van der Waals surface area contributed by atoms with Gasteiger partial charge in [0.15, 0.2) is 0 Å². The van der Waals surface area contributed by atoms with Gasteiger partial charge in [-0.2, -0.15) is 0 Å². The van der Waals surface area contributed by atoms with E-state index in [0.717, 1.165) is 25.7 Å². The predicted molar refractivity (Wildman–Crippen MR) is 71.8 cm³/mol.